The molecule has 0 saturated carbocycles. The summed E-state index contributed by atoms with van der Waals surface area (Å²) in [5.41, 5.74) is -0.388. The molecule has 1 atom stereocenters. The zero-order chi connectivity index (χ0) is 14.0. The van der Waals surface area contributed by atoms with Crippen LogP contribution in [-0.2, 0) is 9.47 Å². The smallest absolute Gasteiger partial charge is 0.314 e. The van der Waals surface area contributed by atoms with Gasteiger partial charge in [0.05, 0.1) is 11.5 Å². The maximum Gasteiger partial charge on any atom is 0.314 e. The van der Waals surface area contributed by atoms with Gasteiger partial charge in [0.1, 0.15) is 12.7 Å². The molecule has 0 aromatic heterocycles. The summed E-state index contributed by atoms with van der Waals surface area (Å²) in [6.45, 7) is 4.11. The predicted molar refractivity (Wildman–Crippen MR) is 65.2 cm³/mol. The fourth-order valence-electron chi connectivity index (χ4n) is 1.80. The van der Waals surface area contributed by atoms with Crippen LogP contribution in [0.5, 0.6) is 11.5 Å². The normalized spacial score (nSPS) is 21.3. The third-order valence-corrected chi connectivity index (χ3v) is 2.67. The number of benzene rings is 1. The van der Waals surface area contributed by atoms with Crippen LogP contribution in [0.15, 0.2) is 18.2 Å². The Hall–Kier alpha value is -1.86. The lowest BCUT2D eigenvalue weighted by molar-refractivity contribution is -0.386. The van der Waals surface area contributed by atoms with E-state index < -0.39 is 16.5 Å². The van der Waals surface area contributed by atoms with Gasteiger partial charge in [-0.05, 0) is 19.9 Å². The molecule has 1 aromatic carbocycles. The van der Waals surface area contributed by atoms with E-state index in [4.69, 9.17) is 14.2 Å². The van der Waals surface area contributed by atoms with Crippen LogP contribution in [0.4, 0.5) is 5.69 Å². The molecule has 0 radical (unpaired) electrons. The highest BCUT2D eigenvalue weighted by Gasteiger charge is 2.33. The molecule has 7 heteroatoms. The quantitative estimate of drug-likeness (QED) is 0.662. The van der Waals surface area contributed by atoms with Crippen LogP contribution in [0.3, 0.4) is 0 Å². The molecule has 0 amide bonds. The zero-order valence-corrected chi connectivity index (χ0v) is 10.7. The van der Waals surface area contributed by atoms with Crippen LogP contribution in [0.1, 0.15) is 13.8 Å². The number of ether oxygens (including phenoxy) is 3. The van der Waals surface area contributed by atoms with Crippen molar-refractivity contribution >= 4 is 5.69 Å². The summed E-state index contributed by atoms with van der Waals surface area (Å²) in [5, 5.41) is 20.4. The molecule has 7 nitrogen and oxygen atoms in total. The van der Waals surface area contributed by atoms with Crippen molar-refractivity contribution in [1.29, 1.82) is 0 Å². The van der Waals surface area contributed by atoms with Gasteiger partial charge in [-0.25, -0.2) is 0 Å². The average molecular weight is 269 g/mol. The van der Waals surface area contributed by atoms with Crippen molar-refractivity contribution < 1.29 is 24.2 Å². The van der Waals surface area contributed by atoms with Crippen LogP contribution < -0.4 is 4.74 Å². The molecule has 1 saturated heterocycles. The first-order chi connectivity index (χ1) is 8.89. The van der Waals surface area contributed by atoms with E-state index in [2.05, 4.69) is 0 Å². The SMILES string of the molecule is CC1(C)OC[C@H](COc2cccc([N+](=O)[O-])c2O)O1. The maximum absolute atomic E-state index is 10.7. The third-order valence-electron chi connectivity index (χ3n) is 2.67. The zero-order valence-electron chi connectivity index (χ0n) is 10.7. The number of phenolic OH excluding ortho intramolecular Hbond substituents is 1. The molecule has 104 valence electrons. The molecule has 1 aliphatic heterocycles. The minimum atomic E-state index is -0.666. The Morgan fingerprint density at radius 1 is 1.58 bits per heavy atom. The molecule has 1 aliphatic rings. The molecule has 19 heavy (non-hydrogen) atoms. The Morgan fingerprint density at radius 2 is 2.32 bits per heavy atom. The van der Waals surface area contributed by atoms with E-state index in [-0.39, 0.29) is 24.1 Å². The molecule has 1 N–H and O–H groups in total. The van der Waals surface area contributed by atoms with E-state index in [9.17, 15) is 15.2 Å². The Labute approximate surface area is 109 Å². The van der Waals surface area contributed by atoms with Gasteiger partial charge in [-0.15, -0.1) is 0 Å². The minimum absolute atomic E-state index is 0.0579. The molecule has 0 bridgehead atoms. The Balaban J connectivity index is 2.01. The summed E-state index contributed by atoms with van der Waals surface area (Å²) in [6, 6.07) is 4.12. The maximum atomic E-state index is 10.7. The molecular weight excluding hydrogens is 254 g/mol. The van der Waals surface area contributed by atoms with Crippen molar-refractivity contribution in [2.45, 2.75) is 25.7 Å². The van der Waals surface area contributed by atoms with Crippen molar-refractivity contribution in [3.63, 3.8) is 0 Å². The molecule has 0 unspecified atom stereocenters. The number of phenols is 1. The second-order valence-electron chi connectivity index (χ2n) is 4.64. The Kier molecular flexibility index (Phi) is 3.59. The molecule has 1 aromatic rings. The second kappa shape index (κ2) is 5.02. The molecule has 0 aliphatic carbocycles. The van der Waals surface area contributed by atoms with Gasteiger partial charge in [0.2, 0.25) is 5.75 Å². The van der Waals surface area contributed by atoms with Gasteiger partial charge in [-0.3, -0.25) is 10.1 Å². The number of aromatic hydroxyl groups is 1. The first kappa shape index (κ1) is 13.6. The van der Waals surface area contributed by atoms with Gasteiger partial charge in [-0.2, -0.15) is 0 Å². The lowest BCUT2D eigenvalue weighted by Crippen LogP contribution is -2.25. The summed E-state index contributed by atoms with van der Waals surface area (Å²) >= 11 is 0. The fourth-order valence-corrected chi connectivity index (χ4v) is 1.80. The number of nitrogens with zero attached hydrogens (tertiary/aromatic N) is 1. The summed E-state index contributed by atoms with van der Waals surface area (Å²) in [4.78, 5) is 10.00. The summed E-state index contributed by atoms with van der Waals surface area (Å²) in [5.74, 6) is -1.08. The lowest BCUT2D eigenvalue weighted by atomic mass is 10.3. The van der Waals surface area contributed by atoms with Crippen LogP contribution in [0, 0.1) is 10.1 Å². The van der Waals surface area contributed by atoms with E-state index in [0.717, 1.165) is 0 Å². The van der Waals surface area contributed by atoms with Crippen LogP contribution in [-0.4, -0.2) is 35.1 Å². The van der Waals surface area contributed by atoms with Gasteiger partial charge < -0.3 is 19.3 Å². The molecule has 1 fully saturated rings. The van der Waals surface area contributed by atoms with Crippen LogP contribution in [0.25, 0.3) is 0 Å². The highest BCUT2D eigenvalue weighted by molar-refractivity contribution is 5.54. The topological polar surface area (TPSA) is 91.1 Å². The predicted octanol–water partition coefficient (Wildman–Crippen LogP) is 1.83. The van der Waals surface area contributed by atoms with Crippen LogP contribution in [0.2, 0.25) is 0 Å². The van der Waals surface area contributed by atoms with E-state index in [1.807, 2.05) is 0 Å². The highest BCUT2D eigenvalue weighted by Crippen LogP contribution is 2.35. The van der Waals surface area contributed by atoms with Gasteiger partial charge in [-0.1, -0.05) is 6.07 Å². The van der Waals surface area contributed by atoms with E-state index >= 15 is 0 Å². The Morgan fingerprint density at radius 3 is 2.89 bits per heavy atom. The van der Waals surface area contributed by atoms with Crippen LogP contribution >= 0.6 is 0 Å². The first-order valence-electron chi connectivity index (χ1n) is 5.80. The molecule has 0 spiro atoms. The number of nitro benzene ring substituents is 1. The lowest BCUT2D eigenvalue weighted by Gasteiger charge is -2.17. The summed E-state index contributed by atoms with van der Waals surface area (Å²) < 4.78 is 16.2. The summed E-state index contributed by atoms with van der Waals surface area (Å²) in [6.07, 6.45) is -0.270. The fraction of sp³-hybridized carbons (Fsp3) is 0.500. The number of nitro groups is 1. The van der Waals surface area contributed by atoms with Crippen molar-refractivity contribution in [3.8, 4) is 11.5 Å². The largest absolute Gasteiger partial charge is 0.500 e. The van der Waals surface area contributed by atoms with Crippen molar-refractivity contribution in [1.82, 2.24) is 0 Å². The van der Waals surface area contributed by atoms with Gasteiger partial charge >= 0.3 is 5.69 Å². The van der Waals surface area contributed by atoms with E-state index in [0.29, 0.717) is 6.61 Å². The number of rotatable bonds is 4. The third kappa shape index (κ3) is 3.12. The molecule has 1 heterocycles. The Bertz CT molecular complexity index is 487. The second-order valence-corrected chi connectivity index (χ2v) is 4.64. The number of hydrogen-bond acceptors (Lipinski definition) is 6. The highest BCUT2D eigenvalue weighted by atomic mass is 16.7. The number of para-hydroxylation sites is 1. The van der Waals surface area contributed by atoms with E-state index in [1.54, 1.807) is 13.8 Å². The van der Waals surface area contributed by atoms with Crippen molar-refractivity contribution in [3.05, 3.63) is 28.3 Å². The van der Waals surface area contributed by atoms with Crippen molar-refractivity contribution in [2.75, 3.05) is 13.2 Å². The summed E-state index contributed by atoms with van der Waals surface area (Å²) in [7, 11) is 0. The first-order valence-corrected chi connectivity index (χ1v) is 5.80. The van der Waals surface area contributed by atoms with Crippen molar-refractivity contribution in [2.24, 2.45) is 0 Å². The average Bonchev–Trinajstić information content (AvgIpc) is 2.67. The standard InChI is InChI=1S/C12H15NO6/c1-12(2)18-7-8(19-12)6-17-10-5-3-4-9(11(10)14)13(15)16/h3-5,8,14H,6-7H2,1-2H3/t8-/m0/s1. The monoisotopic (exact) mass is 269 g/mol. The molecule has 2 rings (SSSR count). The van der Waals surface area contributed by atoms with Gasteiger partial charge in [0, 0.05) is 6.07 Å². The molecular formula is C12H15NO6. The minimum Gasteiger partial charge on any atom is -0.500 e. The number of hydrogen-bond donors (Lipinski definition) is 1. The van der Waals surface area contributed by atoms with Gasteiger partial charge in [0.15, 0.2) is 11.5 Å². The van der Waals surface area contributed by atoms with E-state index in [1.165, 1.54) is 18.2 Å². The van der Waals surface area contributed by atoms with Gasteiger partial charge in [0.25, 0.3) is 0 Å².